The molecule has 1 saturated heterocycles. The van der Waals surface area contributed by atoms with Gasteiger partial charge in [0, 0.05) is 19.3 Å². The standard InChI is InChI=1S/C48H47N3O15/c1-31(52)51-40-38(63-44(54)34-16-8-5-9-17-34)28-48(47(57)59-3,62-27-26-60-29-32-20-22-35(58-2)23-21-32)66-42(40)41(65-46(56)37-19-11-13-25-50-37)39(64-45(55)36-18-10-12-24-49-36)30-61-43(53)33-14-6-4-7-15-33/h4-25,38-42H,26-30H2,1-3H3,(H,51,52)/t38-,39+,40+,41+,42+,48+/m0/s1. The first-order valence-electron chi connectivity index (χ1n) is 20.6. The summed E-state index contributed by atoms with van der Waals surface area (Å²) >= 11 is 0. The molecule has 1 N–H and O–H groups in total. The van der Waals surface area contributed by atoms with Crippen LogP contribution in [0.3, 0.4) is 0 Å². The summed E-state index contributed by atoms with van der Waals surface area (Å²) in [7, 11) is 2.61. The van der Waals surface area contributed by atoms with E-state index in [0.717, 1.165) is 12.7 Å². The van der Waals surface area contributed by atoms with Gasteiger partial charge >= 0.3 is 29.8 Å². The van der Waals surface area contributed by atoms with Crippen molar-refractivity contribution in [1.29, 1.82) is 0 Å². The zero-order valence-electron chi connectivity index (χ0n) is 36.1. The Bertz CT molecular complexity index is 2390. The highest BCUT2D eigenvalue weighted by Gasteiger charge is 2.59. The van der Waals surface area contributed by atoms with E-state index in [4.69, 9.17) is 42.6 Å². The molecule has 66 heavy (non-hydrogen) atoms. The van der Waals surface area contributed by atoms with Crippen molar-refractivity contribution in [2.24, 2.45) is 0 Å². The maximum absolute atomic E-state index is 14.1. The normalized spacial score (nSPS) is 18.6. The lowest BCUT2D eigenvalue weighted by Gasteiger charge is -2.48. The predicted molar refractivity (Wildman–Crippen MR) is 230 cm³/mol. The zero-order chi connectivity index (χ0) is 46.9. The van der Waals surface area contributed by atoms with Gasteiger partial charge in [-0.25, -0.2) is 33.9 Å². The molecule has 0 aliphatic carbocycles. The molecule has 1 aliphatic rings. The van der Waals surface area contributed by atoms with Crippen molar-refractivity contribution in [1.82, 2.24) is 15.3 Å². The minimum absolute atomic E-state index is 0.103. The van der Waals surface area contributed by atoms with E-state index in [1.807, 2.05) is 0 Å². The van der Waals surface area contributed by atoms with E-state index >= 15 is 0 Å². The molecule has 18 heteroatoms. The highest BCUT2D eigenvalue weighted by Crippen LogP contribution is 2.38. The van der Waals surface area contributed by atoms with Crippen molar-refractivity contribution >= 4 is 35.8 Å². The number of hydrogen-bond donors (Lipinski definition) is 1. The number of carbonyl (C=O) groups is 6. The Labute approximate surface area is 379 Å². The Balaban J connectivity index is 1.44. The van der Waals surface area contributed by atoms with Gasteiger partial charge < -0.3 is 47.9 Å². The van der Waals surface area contributed by atoms with Gasteiger partial charge in [0.2, 0.25) is 5.91 Å². The van der Waals surface area contributed by atoms with Crippen molar-refractivity contribution in [2.45, 2.75) is 56.2 Å². The van der Waals surface area contributed by atoms with Gasteiger partial charge in [-0.2, -0.15) is 0 Å². The van der Waals surface area contributed by atoms with Crippen LogP contribution >= 0.6 is 0 Å². The zero-order valence-corrected chi connectivity index (χ0v) is 36.1. The molecule has 0 saturated carbocycles. The number of amides is 1. The third-order valence-corrected chi connectivity index (χ3v) is 10.0. The first-order chi connectivity index (χ1) is 32.0. The summed E-state index contributed by atoms with van der Waals surface area (Å²) in [5, 5.41) is 2.71. The second kappa shape index (κ2) is 23.4. The molecule has 18 nitrogen and oxygen atoms in total. The highest BCUT2D eigenvalue weighted by molar-refractivity contribution is 5.91. The van der Waals surface area contributed by atoms with E-state index in [0.29, 0.717) is 5.75 Å². The molecular weight excluding hydrogens is 859 g/mol. The molecule has 344 valence electrons. The molecule has 6 atom stereocenters. The quantitative estimate of drug-likeness (QED) is 0.0634. The van der Waals surface area contributed by atoms with Crippen molar-refractivity contribution in [3.63, 3.8) is 0 Å². The minimum Gasteiger partial charge on any atom is -0.497 e. The number of hydrogen-bond acceptors (Lipinski definition) is 17. The number of rotatable bonds is 20. The lowest BCUT2D eigenvalue weighted by atomic mass is 9.87. The van der Waals surface area contributed by atoms with E-state index < -0.39 is 85.0 Å². The van der Waals surface area contributed by atoms with Gasteiger partial charge in [0.25, 0.3) is 5.79 Å². The van der Waals surface area contributed by atoms with Crippen LogP contribution in [0.5, 0.6) is 5.75 Å². The summed E-state index contributed by atoms with van der Waals surface area (Å²) in [5.41, 5.74) is 0.620. The van der Waals surface area contributed by atoms with Gasteiger partial charge in [-0.15, -0.1) is 0 Å². The molecule has 0 bridgehead atoms. The van der Waals surface area contributed by atoms with Crippen LogP contribution in [-0.4, -0.2) is 116 Å². The van der Waals surface area contributed by atoms with Crippen LogP contribution in [0.25, 0.3) is 0 Å². The maximum Gasteiger partial charge on any atom is 0.366 e. The Morgan fingerprint density at radius 1 is 0.712 bits per heavy atom. The SMILES string of the molecule is COC(=O)[C@@]1(OCCOCc2ccc(OC)cc2)C[C@H](OC(=O)c2ccccc2)[C@@H](NC(C)=O)[C@H]([C@H](OC(=O)c2ccccn2)[C@@H](COC(=O)c2ccccc2)OC(=O)c2ccccn2)O1. The monoisotopic (exact) mass is 905 g/mol. The van der Waals surface area contributed by atoms with E-state index in [2.05, 4.69) is 15.3 Å². The molecule has 0 unspecified atom stereocenters. The van der Waals surface area contributed by atoms with E-state index in [1.54, 1.807) is 79.9 Å². The maximum atomic E-state index is 14.1. The summed E-state index contributed by atoms with van der Waals surface area (Å²) in [5.74, 6) is -7.54. The Hall–Kier alpha value is -7.54. The summed E-state index contributed by atoms with van der Waals surface area (Å²) in [4.78, 5) is 90.8. The lowest BCUT2D eigenvalue weighted by Crippen LogP contribution is -2.69. The lowest BCUT2D eigenvalue weighted by molar-refractivity contribution is -0.313. The first kappa shape index (κ1) is 47.9. The fourth-order valence-electron chi connectivity index (χ4n) is 6.85. The summed E-state index contributed by atoms with van der Waals surface area (Å²) in [6.07, 6.45) is -5.06. The first-order valence-corrected chi connectivity index (χ1v) is 20.6. The van der Waals surface area contributed by atoms with E-state index in [9.17, 15) is 28.8 Å². The number of nitrogens with zero attached hydrogens (tertiary/aromatic N) is 2. The number of aromatic nitrogens is 2. The fraction of sp³-hybridized carbons (Fsp3) is 0.292. The topological polar surface area (TPSA) is 223 Å². The molecule has 1 fully saturated rings. The van der Waals surface area contributed by atoms with Gasteiger partial charge in [0.15, 0.2) is 12.2 Å². The molecule has 2 aromatic heterocycles. The second-order valence-corrected chi connectivity index (χ2v) is 14.5. The summed E-state index contributed by atoms with van der Waals surface area (Å²) in [6.45, 7) is 0.0635. The summed E-state index contributed by atoms with van der Waals surface area (Å²) in [6, 6.07) is 30.2. The Morgan fingerprint density at radius 2 is 1.30 bits per heavy atom. The number of benzene rings is 3. The minimum atomic E-state index is -2.49. The number of ether oxygens (including phenoxy) is 9. The van der Waals surface area contributed by atoms with Crippen LogP contribution in [0.15, 0.2) is 134 Å². The average molecular weight is 906 g/mol. The smallest absolute Gasteiger partial charge is 0.366 e. The number of carbonyl (C=O) groups excluding carboxylic acids is 6. The molecule has 5 aromatic rings. The van der Waals surface area contributed by atoms with Gasteiger partial charge in [-0.1, -0.05) is 60.7 Å². The molecule has 0 spiro atoms. The van der Waals surface area contributed by atoms with Gasteiger partial charge in [-0.05, 0) is 66.2 Å². The number of methoxy groups -OCH3 is 2. The molecule has 0 radical (unpaired) electrons. The van der Waals surface area contributed by atoms with Crippen LogP contribution in [0.1, 0.15) is 60.6 Å². The van der Waals surface area contributed by atoms with Gasteiger partial charge in [0.1, 0.15) is 36.0 Å². The van der Waals surface area contributed by atoms with E-state index in [-0.39, 0.29) is 42.3 Å². The van der Waals surface area contributed by atoms with Crippen molar-refractivity contribution in [2.75, 3.05) is 34.0 Å². The fourth-order valence-corrected chi connectivity index (χ4v) is 6.85. The molecule has 1 aliphatic heterocycles. The van der Waals surface area contributed by atoms with Crippen LogP contribution in [0.2, 0.25) is 0 Å². The predicted octanol–water partition coefficient (Wildman–Crippen LogP) is 4.72. The van der Waals surface area contributed by atoms with Crippen LogP contribution in [0, 0.1) is 0 Å². The molecule has 3 heterocycles. The van der Waals surface area contributed by atoms with Crippen LogP contribution in [-0.2, 0) is 54.1 Å². The van der Waals surface area contributed by atoms with Gasteiger partial charge in [0.05, 0.1) is 57.6 Å². The molecule has 3 aromatic carbocycles. The Kier molecular flexibility index (Phi) is 17.0. The number of esters is 5. The molecule has 6 rings (SSSR count). The molecule has 1 amide bonds. The van der Waals surface area contributed by atoms with Crippen LogP contribution < -0.4 is 10.1 Å². The molecular formula is C48H47N3O15. The largest absolute Gasteiger partial charge is 0.497 e. The number of nitrogens with one attached hydrogen (secondary N) is 1. The van der Waals surface area contributed by atoms with Crippen molar-refractivity contribution in [3.05, 3.63) is 162 Å². The summed E-state index contributed by atoms with van der Waals surface area (Å²) < 4.78 is 53.0. The number of pyridine rings is 2. The van der Waals surface area contributed by atoms with Crippen molar-refractivity contribution in [3.8, 4) is 5.75 Å². The van der Waals surface area contributed by atoms with Crippen LogP contribution in [0.4, 0.5) is 0 Å². The highest BCUT2D eigenvalue weighted by atomic mass is 16.7. The Morgan fingerprint density at radius 3 is 1.86 bits per heavy atom. The third kappa shape index (κ3) is 12.8. The van der Waals surface area contributed by atoms with E-state index in [1.165, 1.54) is 67.8 Å². The van der Waals surface area contributed by atoms with Crippen molar-refractivity contribution < 1.29 is 71.4 Å². The third-order valence-electron chi connectivity index (χ3n) is 10.0. The average Bonchev–Trinajstić information content (AvgIpc) is 3.35. The van der Waals surface area contributed by atoms with Gasteiger partial charge in [-0.3, -0.25) is 4.79 Å². The second-order valence-electron chi connectivity index (χ2n) is 14.5.